The molecule has 1 N–H and O–H groups in total. The number of halogens is 1. The number of anilines is 1. The molecule has 1 aliphatic heterocycles. The zero-order valence-corrected chi connectivity index (χ0v) is 11.0. The normalized spacial score (nSPS) is 13.0. The van der Waals surface area contributed by atoms with Crippen molar-refractivity contribution in [1.29, 1.82) is 0 Å². The highest BCUT2D eigenvalue weighted by atomic mass is 19.1. The number of hydrogen-bond donors (Lipinski definition) is 1. The van der Waals surface area contributed by atoms with Gasteiger partial charge in [0.05, 0.1) is 6.20 Å². The van der Waals surface area contributed by atoms with Gasteiger partial charge in [0.15, 0.2) is 0 Å². The number of aromatic nitrogens is 3. The number of rotatable bonds is 2. The van der Waals surface area contributed by atoms with E-state index in [0.29, 0.717) is 17.4 Å². The van der Waals surface area contributed by atoms with Gasteiger partial charge in [-0.3, -0.25) is 0 Å². The lowest BCUT2D eigenvalue weighted by Gasteiger charge is -2.00. The van der Waals surface area contributed by atoms with Gasteiger partial charge in [-0.1, -0.05) is 11.2 Å². The lowest BCUT2D eigenvalue weighted by molar-refractivity contribution is 0.432. The van der Waals surface area contributed by atoms with Crippen molar-refractivity contribution in [2.75, 3.05) is 11.9 Å². The first kappa shape index (κ1) is 12.0. The van der Waals surface area contributed by atoms with Gasteiger partial charge in [0.2, 0.25) is 5.82 Å². The Bertz CT molecular complexity index is 798. The molecular formula is C15H11FN4O. The highest BCUT2D eigenvalue weighted by molar-refractivity contribution is 5.67. The topological polar surface area (TPSA) is 63.8 Å². The smallest absolute Gasteiger partial charge is 0.258 e. The van der Waals surface area contributed by atoms with Crippen molar-refractivity contribution in [3.63, 3.8) is 0 Å². The average Bonchev–Trinajstić information content (AvgIpc) is 3.16. The van der Waals surface area contributed by atoms with Gasteiger partial charge < -0.3 is 9.84 Å². The lowest BCUT2D eigenvalue weighted by atomic mass is 10.1. The minimum atomic E-state index is -0.396. The van der Waals surface area contributed by atoms with E-state index in [2.05, 4.69) is 26.5 Å². The standard InChI is InChI=1S/C15H11FN4O/c16-11-3-4-12(18-8-11)14-19-15(21-20-14)10-2-1-9-5-6-17-13(9)7-10/h1-4,7-8,17H,5-6H2. The van der Waals surface area contributed by atoms with E-state index in [-0.39, 0.29) is 0 Å². The average molecular weight is 282 g/mol. The fourth-order valence-corrected chi connectivity index (χ4v) is 2.38. The molecule has 0 bridgehead atoms. The van der Waals surface area contributed by atoms with Crippen molar-refractivity contribution in [1.82, 2.24) is 15.1 Å². The summed E-state index contributed by atoms with van der Waals surface area (Å²) < 4.78 is 18.1. The summed E-state index contributed by atoms with van der Waals surface area (Å²) >= 11 is 0. The number of pyridine rings is 1. The molecule has 21 heavy (non-hydrogen) atoms. The fourth-order valence-electron chi connectivity index (χ4n) is 2.38. The molecule has 1 aliphatic rings. The number of fused-ring (bicyclic) bond motifs is 1. The molecule has 0 aliphatic carbocycles. The fraction of sp³-hybridized carbons (Fsp3) is 0.133. The van der Waals surface area contributed by atoms with Crippen LogP contribution in [0.3, 0.4) is 0 Å². The molecule has 0 unspecified atom stereocenters. The minimum Gasteiger partial charge on any atom is -0.384 e. The Morgan fingerprint density at radius 1 is 1.19 bits per heavy atom. The Morgan fingerprint density at radius 2 is 2.14 bits per heavy atom. The molecule has 5 nitrogen and oxygen atoms in total. The summed E-state index contributed by atoms with van der Waals surface area (Å²) in [5, 5.41) is 7.21. The van der Waals surface area contributed by atoms with Crippen LogP contribution in [0.2, 0.25) is 0 Å². The number of nitrogens with one attached hydrogen (secondary N) is 1. The summed E-state index contributed by atoms with van der Waals surface area (Å²) in [7, 11) is 0. The van der Waals surface area contributed by atoms with E-state index in [1.54, 1.807) is 0 Å². The van der Waals surface area contributed by atoms with Crippen molar-refractivity contribution >= 4 is 5.69 Å². The predicted octanol–water partition coefficient (Wildman–Crippen LogP) is 2.91. The molecule has 2 aromatic heterocycles. The summed E-state index contributed by atoms with van der Waals surface area (Å²) in [6.45, 7) is 0.952. The van der Waals surface area contributed by atoms with Gasteiger partial charge in [0, 0.05) is 17.8 Å². The van der Waals surface area contributed by atoms with Crippen molar-refractivity contribution in [2.45, 2.75) is 6.42 Å². The second-order valence-electron chi connectivity index (χ2n) is 4.83. The molecule has 0 fully saturated rings. The van der Waals surface area contributed by atoms with Gasteiger partial charge >= 0.3 is 0 Å². The lowest BCUT2D eigenvalue weighted by Crippen LogP contribution is -1.91. The molecule has 1 aromatic carbocycles. The highest BCUT2D eigenvalue weighted by Gasteiger charge is 2.15. The molecular weight excluding hydrogens is 271 g/mol. The van der Waals surface area contributed by atoms with Crippen LogP contribution in [0, 0.1) is 5.82 Å². The molecule has 0 radical (unpaired) electrons. The van der Waals surface area contributed by atoms with Crippen molar-refractivity contribution in [3.8, 4) is 23.0 Å². The first-order chi connectivity index (χ1) is 10.3. The molecule has 0 amide bonds. The Balaban J connectivity index is 1.69. The number of hydrogen-bond acceptors (Lipinski definition) is 5. The van der Waals surface area contributed by atoms with E-state index in [1.165, 1.54) is 17.7 Å². The molecule has 6 heteroatoms. The van der Waals surface area contributed by atoms with Gasteiger partial charge in [-0.2, -0.15) is 4.98 Å². The van der Waals surface area contributed by atoms with Crippen molar-refractivity contribution in [2.24, 2.45) is 0 Å². The third-order valence-electron chi connectivity index (χ3n) is 3.45. The Kier molecular flexibility index (Phi) is 2.67. The van der Waals surface area contributed by atoms with Crippen LogP contribution in [0.4, 0.5) is 10.1 Å². The Labute approximate surface area is 119 Å². The van der Waals surface area contributed by atoms with Crippen LogP contribution in [-0.2, 0) is 6.42 Å². The van der Waals surface area contributed by atoms with Crippen molar-refractivity contribution < 1.29 is 8.91 Å². The van der Waals surface area contributed by atoms with Gasteiger partial charge in [0.1, 0.15) is 11.5 Å². The van der Waals surface area contributed by atoms with Crippen LogP contribution >= 0.6 is 0 Å². The van der Waals surface area contributed by atoms with Crippen LogP contribution in [0.15, 0.2) is 41.1 Å². The van der Waals surface area contributed by atoms with Gasteiger partial charge in [0.25, 0.3) is 5.89 Å². The van der Waals surface area contributed by atoms with Crippen LogP contribution in [0.5, 0.6) is 0 Å². The largest absolute Gasteiger partial charge is 0.384 e. The molecule has 0 saturated carbocycles. The van der Waals surface area contributed by atoms with E-state index in [4.69, 9.17) is 4.52 Å². The van der Waals surface area contributed by atoms with E-state index >= 15 is 0 Å². The Morgan fingerprint density at radius 3 is 3.00 bits per heavy atom. The van der Waals surface area contributed by atoms with Crippen molar-refractivity contribution in [3.05, 3.63) is 47.9 Å². The maximum absolute atomic E-state index is 12.9. The zero-order chi connectivity index (χ0) is 14.2. The third kappa shape index (κ3) is 2.14. The SMILES string of the molecule is Fc1ccc(-c2noc(-c3ccc4c(c3)NCC4)n2)nc1. The summed E-state index contributed by atoms with van der Waals surface area (Å²) in [6, 6.07) is 8.86. The third-order valence-corrected chi connectivity index (χ3v) is 3.45. The van der Waals surface area contributed by atoms with E-state index in [0.717, 1.165) is 30.4 Å². The second kappa shape index (κ2) is 4.66. The molecule has 4 rings (SSSR count). The summed E-state index contributed by atoms with van der Waals surface area (Å²) in [6.07, 6.45) is 2.16. The monoisotopic (exact) mass is 282 g/mol. The number of benzene rings is 1. The summed E-state index contributed by atoms with van der Waals surface area (Å²) in [4.78, 5) is 8.26. The van der Waals surface area contributed by atoms with Gasteiger partial charge in [-0.15, -0.1) is 0 Å². The molecule has 3 heterocycles. The molecule has 0 saturated heterocycles. The first-order valence-electron chi connectivity index (χ1n) is 6.62. The summed E-state index contributed by atoms with van der Waals surface area (Å²) in [5.74, 6) is 0.373. The second-order valence-corrected chi connectivity index (χ2v) is 4.83. The summed E-state index contributed by atoms with van der Waals surface area (Å²) in [5.41, 5.74) is 3.72. The Hall–Kier alpha value is -2.76. The predicted molar refractivity (Wildman–Crippen MR) is 75.1 cm³/mol. The zero-order valence-electron chi connectivity index (χ0n) is 11.0. The molecule has 0 spiro atoms. The van der Waals surface area contributed by atoms with Crippen LogP contribution in [-0.4, -0.2) is 21.7 Å². The quantitative estimate of drug-likeness (QED) is 0.783. The maximum Gasteiger partial charge on any atom is 0.258 e. The van der Waals surface area contributed by atoms with Crippen LogP contribution in [0.25, 0.3) is 23.0 Å². The molecule has 3 aromatic rings. The van der Waals surface area contributed by atoms with Gasteiger partial charge in [-0.05, 0) is 36.2 Å². The van der Waals surface area contributed by atoms with Crippen LogP contribution < -0.4 is 5.32 Å². The van der Waals surface area contributed by atoms with Crippen LogP contribution in [0.1, 0.15) is 5.56 Å². The highest BCUT2D eigenvalue weighted by Crippen LogP contribution is 2.28. The van der Waals surface area contributed by atoms with Gasteiger partial charge in [-0.25, -0.2) is 9.37 Å². The first-order valence-corrected chi connectivity index (χ1v) is 6.62. The molecule has 104 valence electrons. The van der Waals surface area contributed by atoms with E-state index in [9.17, 15) is 4.39 Å². The number of nitrogens with zero attached hydrogens (tertiary/aromatic N) is 3. The molecule has 0 atom stereocenters. The van der Waals surface area contributed by atoms with E-state index in [1.807, 2.05) is 12.1 Å². The minimum absolute atomic E-state index is 0.346. The maximum atomic E-state index is 12.9. The van der Waals surface area contributed by atoms with E-state index < -0.39 is 5.82 Å².